The summed E-state index contributed by atoms with van der Waals surface area (Å²) in [5, 5.41) is 10.5. The lowest BCUT2D eigenvalue weighted by molar-refractivity contribution is -0.149. The van der Waals surface area contributed by atoms with E-state index in [1.54, 1.807) is 6.20 Å². The van der Waals surface area contributed by atoms with E-state index in [1.165, 1.54) is 4.90 Å². The van der Waals surface area contributed by atoms with Crippen molar-refractivity contribution in [3.63, 3.8) is 0 Å². The highest BCUT2D eigenvalue weighted by Crippen LogP contribution is 2.45. The number of alkyl halides is 3. The standard InChI is InChI=1S/C28H25F5N8OS/c29-19-9-36-24(21-15(7-34)26(35)43-25(19)21)20-18-12-42-11-17(18)16-8-37-27(38-23(16)22(20)30)41-2-1-14(10-41)40-5-3-39(4-6-40)13-28(31,32)33/h8-9,14H,1-6,10-13,35H2/t14-/m1/s1. The molecule has 7 rings (SSSR count). The number of nitrogen functional groups attached to an aromatic ring is 1. The van der Waals surface area contributed by atoms with Crippen molar-refractivity contribution in [2.75, 3.05) is 56.4 Å². The number of nitriles is 1. The zero-order valence-electron chi connectivity index (χ0n) is 22.7. The predicted molar refractivity (Wildman–Crippen MR) is 150 cm³/mol. The number of nitrogens with two attached hydrogens (primary N) is 1. The molecule has 224 valence electrons. The normalized spacial score (nSPS) is 19.9. The average Bonchev–Trinajstić information content (AvgIpc) is 3.73. The maximum absolute atomic E-state index is 16.6. The highest BCUT2D eigenvalue weighted by atomic mass is 32.1. The minimum atomic E-state index is -4.21. The van der Waals surface area contributed by atoms with Crippen molar-refractivity contribution in [2.24, 2.45) is 0 Å². The smallest absolute Gasteiger partial charge is 0.389 e. The summed E-state index contributed by atoms with van der Waals surface area (Å²) in [5.74, 6) is -0.987. The molecule has 15 heteroatoms. The molecule has 9 nitrogen and oxygen atoms in total. The topological polar surface area (TPSA) is 107 Å². The van der Waals surface area contributed by atoms with Crippen molar-refractivity contribution in [3.05, 3.63) is 40.7 Å². The van der Waals surface area contributed by atoms with Gasteiger partial charge in [0.15, 0.2) is 11.6 Å². The van der Waals surface area contributed by atoms with E-state index in [0.29, 0.717) is 61.7 Å². The molecule has 2 fully saturated rings. The van der Waals surface area contributed by atoms with Crippen LogP contribution in [0.25, 0.3) is 32.2 Å². The number of benzene rings is 1. The second-order valence-corrected chi connectivity index (χ2v) is 12.1. The summed E-state index contributed by atoms with van der Waals surface area (Å²) >= 11 is 0.913. The van der Waals surface area contributed by atoms with Gasteiger partial charge in [0, 0.05) is 67.8 Å². The SMILES string of the molecule is N#Cc1c(N)sc2c(F)cnc(-c3c4c(c5cnc(N6CC[C@@H](N7CCN(CC(F)(F)F)CC7)C6)nc5c3F)COC4)c12. The van der Waals surface area contributed by atoms with E-state index in [1.807, 2.05) is 11.0 Å². The van der Waals surface area contributed by atoms with Crippen LogP contribution in [0.5, 0.6) is 0 Å². The van der Waals surface area contributed by atoms with E-state index in [2.05, 4.69) is 19.9 Å². The molecule has 43 heavy (non-hydrogen) atoms. The van der Waals surface area contributed by atoms with Crippen molar-refractivity contribution < 1.29 is 26.7 Å². The van der Waals surface area contributed by atoms with E-state index >= 15 is 4.39 Å². The van der Waals surface area contributed by atoms with E-state index in [0.717, 1.165) is 24.0 Å². The van der Waals surface area contributed by atoms with Crippen molar-refractivity contribution in [1.29, 1.82) is 5.26 Å². The van der Waals surface area contributed by atoms with Gasteiger partial charge in [0.1, 0.15) is 16.6 Å². The number of thiophene rings is 1. The third kappa shape index (κ3) is 4.82. The minimum Gasteiger partial charge on any atom is -0.389 e. The first-order chi connectivity index (χ1) is 20.6. The van der Waals surface area contributed by atoms with Gasteiger partial charge in [0.25, 0.3) is 0 Å². The molecular weight excluding hydrogens is 591 g/mol. The number of hydrogen-bond donors (Lipinski definition) is 1. The second kappa shape index (κ2) is 10.5. The number of pyridine rings is 1. The van der Waals surface area contributed by atoms with E-state index in [4.69, 9.17) is 10.5 Å². The number of aromatic nitrogens is 3. The summed E-state index contributed by atoms with van der Waals surface area (Å²) in [5.41, 5.74) is 7.57. The first-order valence-corrected chi connectivity index (χ1v) is 14.6. The van der Waals surface area contributed by atoms with Crippen LogP contribution in [0.3, 0.4) is 0 Å². The molecule has 0 bridgehead atoms. The van der Waals surface area contributed by atoms with E-state index < -0.39 is 24.4 Å². The van der Waals surface area contributed by atoms with E-state index in [-0.39, 0.29) is 56.7 Å². The lowest BCUT2D eigenvalue weighted by Gasteiger charge is -2.38. The van der Waals surface area contributed by atoms with Crippen LogP contribution in [0.15, 0.2) is 12.4 Å². The molecule has 6 heterocycles. The fourth-order valence-corrected chi connectivity index (χ4v) is 7.37. The zero-order valence-corrected chi connectivity index (χ0v) is 23.5. The van der Waals surface area contributed by atoms with Crippen LogP contribution in [0.4, 0.5) is 32.9 Å². The highest BCUT2D eigenvalue weighted by molar-refractivity contribution is 7.23. The number of piperazine rings is 1. The summed E-state index contributed by atoms with van der Waals surface area (Å²) in [4.78, 5) is 19.0. The quantitative estimate of drug-likeness (QED) is 0.334. The number of anilines is 2. The van der Waals surface area contributed by atoms with Crippen LogP contribution in [0.1, 0.15) is 23.1 Å². The van der Waals surface area contributed by atoms with Crippen molar-refractivity contribution in [1.82, 2.24) is 24.8 Å². The molecular formula is C28H25F5N8OS. The lowest BCUT2D eigenvalue weighted by Crippen LogP contribution is -2.52. The number of hydrogen-bond acceptors (Lipinski definition) is 10. The molecule has 4 aromatic rings. The molecule has 1 atom stereocenters. The third-order valence-corrected chi connectivity index (χ3v) is 9.53. The molecule has 3 aliphatic heterocycles. The van der Waals surface area contributed by atoms with Crippen LogP contribution in [0.2, 0.25) is 0 Å². The maximum atomic E-state index is 16.6. The Morgan fingerprint density at radius 3 is 2.58 bits per heavy atom. The summed E-state index contributed by atoms with van der Waals surface area (Å²) in [7, 11) is 0. The molecule has 0 amide bonds. The summed E-state index contributed by atoms with van der Waals surface area (Å²) in [6, 6.07) is 2.12. The van der Waals surface area contributed by atoms with Crippen LogP contribution in [-0.2, 0) is 18.0 Å². The Bertz CT molecular complexity index is 1800. The molecule has 0 radical (unpaired) electrons. The summed E-state index contributed by atoms with van der Waals surface area (Å²) < 4.78 is 75.4. The number of fused-ring (bicyclic) bond motifs is 4. The van der Waals surface area contributed by atoms with E-state index in [9.17, 15) is 22.8 Å². The van der Waals surface area contributed by atoms with Crippen LogP contribution >= 0.6 is 11.3 Å². The minimum absolute atomic E-state index is 0.0416. The lowest BCUT2D eigenvalue weighted by atomic mass is 9.94. The van der Waals surface area contributed by atoms with Crippen LogP contribution in [0, 0.1) is 23.0 Å². The van der Waals surface area contributed by atoms with Gasteiger partial charge in [-0.1, -0.05) is 0 Å². The van der Waals surface area contributed by atoms with Gasteiger partial charge in [-0.15, -0.1) is 11.3 Å². The molecule has 0 spiro atoms. The molecule has 1 aromatic carbocycles. The molecule has 0 saturated carbocycles. The van der Waals surface area contributed by atoms with Crippen LogP contribution in [-0.4, -0.2) is 82.8 Å². The van der Waals surface area contributed by atoms with Gasteiger partial charge < -0.3 is 15.4 Å². The van der Waals surface area contributed by atoms with Gasteiger partial charge in [0.05, 0.1) is 41.9 Å². The Morgan fingerprint density at radius 2 is 1.84 bits per heavy atom. The Kier molecular flexibility index (Phi) is 6.84. The number of ether oxygens (including phenoxy) is 1. The van der Waals surface area contributed by atoms with Crippen LogP contribution < -0.4 is 10.6 Å². The van der Waals surface area contributed by atoms with Gasteiger partial charge in [-0.05, 0) is 17.5 Å². The Balaban J connectivity index is 1.22. The molecule has 0 aliphatic carbocycles. The Labute approximate surface area is 246 Å². The predicted octanol–water partition coefficient (Wildman–Crippen LogP) is 4.43. The largest absolute Gasteiger partial charge is 0.401 e. The second-order valence-electron chi connectivity index (χ2n) is 11.0. The third-order valence-electron chi connectivity index (χ3n) is 8.50. The fraction of sp³-hybridized carbons (Fsp3) is 0.429. The molecule has 3 aliphatic rings. The Morgan fingerprint density at radius 1 is 1.07 bits per heavy atom. The molecule has 0 unspecified atom stereocenters. The van der Waals surface area contributed by atoms with Crippen molar-refractivity contribution >= 4 is 43.3 Å². The monoisotopic (exact) mass is 616 g/mol. The molecule has 2 N–H and O–H groups in total. The van der Waals surface area contributed by atoms with Gasteiger partial charge in [0.2, 0.25) is 5.95 Å². The Hall–Kier alpha value is -3.71. The van der Waals surface area contributed by atoms with Gasteiger partial charge in [-0.3, -0.25) is 14.8 Å². The number of halogens is 5. The zero-order chi connectivity index (χ0) is 30.0. The highest BCUT2D eigenvalue weighted by Gasteiger charge is 2.36. The molecule has 3 aromatic heterocycles. The maximum Gasteiger partial charge on any atom is 0.401 e. The summed E-state index contributed by atoms with van der Waals surface area (Å²) in [6.45, 7) is 2.34. The van der Waals surface area contributed by atoms with Crippen molar-refractivity contribution in [2.45, 2.75) is 31.9 Å². The number of nitrogens with zero attached hydrogens (tertiary/aromatic N) is 7. The fourth-order valence-electron chi connectivity index (χ4n) is 6.45. The molecule has 2 saturated heterocycles. The first-order valence-electron chi connectivity index (χ1n) is 13.8. The van der Waals surface area contributed by atoms with Gasteiger partial charge in [-0.2, -0.15) is 18.4 Å². The van der Waals surface area contributed by atoms with Crippen molar-refractivity contribution in [3.8, 4) is 17.3 Å². The summed E-state index contributed by atoms with van der Waals surface area (Å²) in [6.07, 6.45) is -0.854. The van der Waals surface area contributed by atoms with Gasteiger partial charge >= 0.3 is 6.18 Å². The first kappa shape index (κ1) is 28.1. The number of rotatable bonds is 4. The average molecular weight is 617 g/mol. The van der Waals surface area contributed by atoms with Gasteiger partial charge in [-0.25, -0.2) is 18.7 Å².